The fraction of sp³-hybridized carbons (Fsp3) is 0.273. The van der Waals surface area contributed by atoms with E-state index in [9.17, 15) is 9.90 Å². The van der Waals surface area contributed by atoms with E-state index in [0.29, 0.717) is 14.9 Å². The summed E-state index contributed by atoms with van der Waals surface area (Å²) < 4.78 is 6.23. The molecule has 7 heteroatoms. The largest absolute Gasteiger partial charge is 0.507 e. The number of methoxy groups -OCH3 is 1. The Labute approximate surface area is 184 Å². The fourth-order valence-corrected chi connectivity index (χ4v) is 3.69. The molecule has 0 saturated carbocycles. The van der Waals surface area contributed by atoms with Gasteiger partial charge >= 0.3 is 0 Å². The van der Waals surface area contributed by atoms with Gasteiger partial charge in [-0.3, -0.25) is 4.79 Å². The monoisotopic (exact) mass is 505 g/mol. The van der Waals surface area contributed by atoms with E-state index in [1.807, 2.05) is 34.7 Å². The van der Waals surface area contributed by atoms with Crippen molar-refractivity contribution in [1.82, 2.24) is 5.43 Å². The number of carbonyl (C=O) groups is 1. The Hall–Kier alpha value is -2.55. The average Bonchev–Trinajstić information content (AvgIpc) is 2.67. The molecule has 2 aromatic carbocycles. The molecule has 0 saturated heterocycles. The van der Waals surface area contributed by atoms with Gasteiger partial charge in [-0.05, 0) is 73.2 Å². The molecule has 1 aliphatic heterocycles. The summed E-state index contributed by atoms with van der Waals surface area (Å²) in [6, 6.07) is 8.73. The average molecular weight is 505 g/mol. The molecule has 1 amide bonds. The molecule has 3 rings (SSSR count). The maximum atomic E-state index is 12.3. The number of anilines is 1. The lowest BCUT2D eigenvalue weighted by Crippen LogP contribution is -2.42. The molecular formula is C22H24IN3O3. The first-order chi connectivity index (χ1) is 13.6. The molecule has 152 valence electrons. The lowest BCUT2D eigenvalue weighted by molar-refractivity contribution is 0.0954. The van der Waals surface area contributed by atoms with Gasteiger partial charge in [0.15, 0.2) is 0 Å². The van der Waals surface area contributed by atoms with Crippen molar-refractivity contribution in [2.75, 3.05) is 19.1 Å². The van der Waals surface area contributed by atoms with E-state index in [4.69, 9.17) is 4.74 Å². The highest BCUT2D eigenvalue weighted by Crippen LogP contribution is 2.40. The number of ether oxygens (including phenoxy) is 1. The predicted molar refractivity (Wildman–Crippen MR) is 125 cm³/mol. The summed E-state index contributed by atoms with van der Waals surface area (Å²) >= 11 is 2.00. The molecule has 1 aliphatic rings. The minimum absolute atomic E-state index is 0.0629. The van der Waals surface area contributed by atoms with Gasteiger partial charge in [-0.2, -0.15) is 5.10 Å². The van der Waals surface area contributed by atoms with Gasteiger partial charge in [0.1, 0.15) is 11.5 Å². The third-order valence-electron chi connectivity index (χ3n) is 5.15. The van der Waals surface area contributed by atoms with E-state index in [2.05, 4.69) is 49.3 Å². The molecule has 29 heavy (non-hydrogen) atoms. The lowest BCUT2D eigenvalue weighted by atomic mass is 9.88. The molecule has 0 aromatic heterocycles. The summed E-state index contributed by atoms with van der Waals surface area (Å²) in [4.78, 5) is 14.5. The highest BCUT2D eigenvalue weighted by Gasteiger charge is 2.29. The van der Waals surface area contributed by atoms with Crippen LogP contribution in [0.3, 0.4) is 0 Å². The van der Waals surface area contributed by atoms with Crippen molar-refractivity contribution in [2.24, 2.45) is 5.10 Å². The molecule has 2 aromatic rings. The lowest BCUT2D eigenvalue weighted by Gasteiger charge is -2.40. The van der Waals surface area contributed by atoms with Crippen LogP contribution in [0.25, 0.3) is 5.57 Å². The Morgan fingerprint density at radius 1 is 1.31 bits per heavy atom. The van der Waals surface area contributed by atoms with Gasteiger partial charge in [-0.1, -0.05) is 6.08 Å². The number of hydrogen-bond donors (Lipinski definition) is 2. The summed E-state index contributed by atoms with van der Waals surface area (Å²) in [7, 11) is 3.67. The van der Waals surface area contributed by atoms with Crippen LogP contribution in [0.4, 0.5) is 5.69 Å². The zero-order chi connectivity index (χ0) is 21.3. The number of allylic oxidation sites excluding steroid dienone is 1. The molecule has 0 bridgehead atoms. The van der Waals surface area contributed by atoms with E-state index >= 15 is 0 Å². The predicted octanol–water partition coefficient (Wildman–Crippen LogP) is 4.40. The molecule has 6 nitrogen and oxygen atoms in total. The van der Waals surface area contributed by atoms with Crippen LogP contribution in [-0.4, -0.2) is 36.9 Å². The van der Waals surface area contributed by atoms with E-state index in [0.717, 1.165) is 16.8 Å². The fourth-order valence-electron chi connectivity index (χ4n) is 3.35. The van der Waals surface area contributed by atoms with E-state index < -0.39 is 5.91 Å². The number of phenolic OH excluding ortho intramolecular Hbond substituents is 1. The van der Waals surface area contributed by atoms with E-state index in [1.54, 1.807) is 25.5 Å². The van der Waals surface area contributed by atoms with Crippen LogP contribution in [0.15, 0.2) is 41.5 Å². The van der Waals surface area contributed by atoms with Gasteiger partial charge in [0.25, 0.3) is 5.91 Å². The quantitative estimate of drug-likeness (QED) is 0.367. The van der Waals surface area contributed by atoms with Crippen LogP contribution >= 0.6 is 22.6 Å². The smallest absolute Gasteiger partial charge is 0.271 e. The van der Waals surface area contributed by atoms with Crippen LogP contribution in [0.2, 0.25) is 0 Å². The van der Waals surface area contributed by atoms with Gasteiger partial charge in [-0.25, -0.2) is 5.43 Å². The summed E-state index contributed by atoms with van der Waals surface area (Å²) in [6.45, 7) is 6.42. The minimum Gasteiger partial charge on any atom is -0.507 e. The van der Waals surface area contributed by atoms with Crippen LogP contribution in [0.5, 0.6) is 11.5 Å². The highest BCUT2D eigenvalue weighted by atomic mass is 127. The first kappa shape index (κ1) is 21.2. The van der Waals surface area contributed by atoms with Crippen molar-refractivity contribution in [3.05, 3.63) is 56.7 Å². The van der Waals surface area contributed by atoms with Gasteiger partial charge in [-0.15, -0.1) is 0 Å². The highest BCUT2D eigenvalue weighted by molar-refractivity contribution is 14.1. The first-order valence-electron chi connectivity index (χ1n) is 9.11. The third kappa shape index (κ3) is 4.24. The Morgan fingerprint density at radius 3 is 2.69 bits per heavy atom. The standard InChI is InChI=1S/C22H24IN3O3/c1-13-11-22(2,3)26(4)18-10-20(29-5)15(8-16(13)18)12-24-25-21(28)14-6-7-17(23)19(27)9-14/h6-12,27H,1-5H3,(H,25,28)/b24-12-. The minimum atomic E-state index is -0.401. The number of amides is 1. The molecule has 0 spiro atoms. The number of rotatable bonds is 4. The Morgan fingerprint density at radius 2 is 2.03 bits per heavy atom. The molecule has 2 N–H and O–H groups in total. The topological polar surface area (TPSA) is 74.2 Å². The zero-order valence-corrected chi connectivity index (χ0v) is 19.2. The SMILES string of the molecule is COc1cc2c(cc1/C=N\NC(=O)c1ccc(I)c(O)c1)C(C)=CC(C)(C)N2C. The normalized spacial score (nSPS) is 15.1. The second-order valence-electron chi connectivity index (χ2n) is 7.52. The van der Waals surface area contributed by atoms with Crippen LogP contribution < -0.4 is 15.1 Å². The van der Waals surface area contributed by atoms with Crippen LogP contribution in [0, 0.1) is 3.57 Å². The Balaban J connectivity index is 1.87. The maximum Gasteiger partial charge on any atom is 0.271 e. The van der Waals surface area contributed by atoms with Crippen molar-refractivity contribution in [3.8, 4) is 11.5 Å². The van der Waals surface area contributed by atoms with Crippen molar-refractivity contribution >= 4 is 46.0 Å². The summed E-state index contributed by atoms with van der Waals surface area (Å²) in [5.74, 6) is 0.335. The van der Waals surface area contributed by atoms with Gasteiger partial charge in [0.05, 0.1) is 22.4 Å². The molecule has 0 unspecified atom stereocenters. The van der Waals surface area contributed by atoms with Crippen molar-refractivity contribution in [3.63, 3.8) is 0 Å². The van der Waals surface area contributed by atoms with Crippen molar-refractivity contribution < 1.29 is 14.6 Å². The number of nitrogens with zero attached hydrogens (tertiary/aromatic N) is 2. The van der Waals surface area contributed by atoms with Gasteiger partial charge < -0.3 is 14.7 Å². The summed E-state index contributed by atoms with van der Waals surface area (Å²) in [5.41, 5.74) is 6.86. The number of aromatic hydroxyl groups is 1. The number of hydrogen-bond acceptors (Lipinski definition) is 5. The van der Waals surface area contributed by atoms with Crippen molar-refractivity contribution in [2.45, 2.75) is 26.3 Å². The number of fused-ring (bicyclic) bond motifs is 1. The number of hydrazone groups is 1. The number of halogens is 1. The molecule has 0 radical (unpaired) electrons. The molecular weight excluding hydrogens is 481 g/mol. The second kappa shape index (κ2) is 8.06. The number of benzene rings is 2. The molecule has 0 fully saturated rings. The Bertz CT molecular complexity index is 1030. The van der Waals surface area contributed by atoms with E-state index in [-0.39, 0.29) is 11.3 Å². The Kier molecular flexibility index (Phi) is 5.88. The summed E-state index contributed by atoms with van der Waals surface area (Å²) in [5, 5.41) is 13.8. The maximum absolute atomic E-state index is 12.3. The molecule has 0 aliphatic carbocycles. The molecule has 1 heterocycles. The van der Waals surface area contributed by atoms with Gasteiger partial charge in [0.2, 0.25) is 0 Å². The van der Waals surface area contributed by atoms with Crippen LogP contribution in [0.1, 0.15) is 42.3 Å². The molecule has 0 atom stereocenters. The zero-order valence-electron chi connectivity index (χ0n) is 17.1. The number of nitrogens with one attached hydrogen (secondary N) is 1. The second-order valence-corrected chi connectivity index (χ2v) is 8.68. The van der Waals surface area contributed by atoms with Crippen molar-refractivity contribution in [1.29, 1.82) is 0 Å². The van der Waals surface area contributed by atoms with Gasteiger partial charge in [0, 0.05) is 35.5 Å². The number of carbonyl (C=O) groups excluding carboxylic acids is 1. The first-order valence-corrected chi connectivity index (χ1v) is 10.2. The summed E-state index contributed by atoms with van der Waals surface area (Å²) in [6.07, 6.45) is 3.80. The van der Waals surface area contributed by atoms with Crippen LogP contribution in [-0.2, 0) is 0 Å². The number of phenols is 1. The third-order valence-corrected chi connectivity index (χ3v) is 6.06. The van der Waals surface area contributed by atoms with E-state index in [1.165, 1.54) is 11.6 Å². The number of likely N-dealkylation sites (N-methyl/N-ethyl adjacent to an activating group) is 1.